The molecule has 0 heterocycles. The molecule has 0 atom stereocenters. The van der Waals surface area contributed by atoms with Crippen LogP contribution in [0.4, 0.5) is 5.69 Å². The highest BCUT2D eigenvalue weighted by Crippen LogP contribution is 2.29. The Morgan fingerprint density at radius 2 is 1.89 bits per heavy atom. The number of benzene rings is 2. The van der Waals surface area contributed by atoms with E-state index in [2.05, 4.69) is 15.9 Å². The summed E-state index contributed by atoms with van der Waals surface area (Å²) in [6.07, 6.45) is 0. The fourth-order valence-corrected chi connectivity index (χ4v) is 2.29. The van der Waals surface area contributed by atoms with Crippen LogP contribution in [-0.2, 0) is 6.61 Å². The molecule has 2 nitrogen and oxygen atoms in total. The van der Waals surface area contributed by atoms with Crippen LogP contribution >= 0.6 is 39.1 Å². The Morgan fingerprint density at radius 3 is 2.56 bits per heavy atom. The lowest BCUT2D eigenvalue weighted by molar-refractivity contribution is 0.307. The van der Waals surface area contributed by atoms with Crippen LogP contribution in [0.1, 0.15) is 5.56 Å². The Morgan fingerprint density at radius 1 is 1.11 bits per heavy atom. The molecule has 0 unspecified atom stereocenters. The Balaban J connectivity index is 2.11. The maximum absolute atomic E-state index is 6.01. The lowest BCUT2D eigenvalue weighted by Crippen LogP contribution is -2.00. The number of hydrogen-bond acceptors (Lipinski definition) is 2. The van der Waals surface area contributed by atoms with E-state index in [1.807, 2.05) is 18.2 Å². The molecule has 0 saturated carbocycles. The first-order chi connectivity index (χ1) is 8.56. The van der Waals surface area contributed by atoms with Crippen molar-refractivity contribution in [2.75, 3.05) is 5.73 Å². The second kappa shape index (κ2) is 5.83. The van der Waals surface area contributed by atoms with Gasteiger partial charge >= 0.3 is 0 Å². The lowest BCUT2D eigenvalue weighted by Gasteiger charge is -2.10. The van der Waals surface area contributed by atoms with Crippen molar-refractivity contribution in [3.8, 4) is 5.75 Å². The molecule has 2 N–H and O–H groups in total. The fraction of sp³-hybridized carbons (Fsp3) is 0.0769. The molecule has 0 spiro atoms. The number of rotatable bonds is 3. The van der Waals surface area contributed by atoms with Crippen LogP contribution in [0.3, 0.4) is 0 Å². The number of nitrogens with two attached hydrogens (primary N) is 1. The van der Waals surface area contributed by atoms with Gasteiger partial charge in [-0.25, -0.2) is 0 Å². The van der Waals surface area contributed by atoms with E-state index in [9.17, 15) is 0 Å². The Kier molecular flexibility index (Phi) is 4.38. The number of anilines is 1. The molecule has 0 aliphatic rings. The van der Waals surface area contributed by atoms with Gasteiger partial charge in [-0.3, -0.25) is 0 Å². The molecule has 0 fully saturated rings. The third-order valence-electron chi connectivity index (χ3n) is 2.39. The minimum absolute atomic E-state index is 0.362. The summed E-state index contributed by atoms with van der Waals surface area (Å²) in [4.78, 5) is 0. The van der Waals surface area contributed by atoms with E-state index in [0.717, 1.165) is 10.0 Å². The van der Waals surface area contributed by atoms with Gasteiger partial charge < -0.3 is 10.5 Å². The molecule has 0 aliphatic carbocycles. The zero-order chi connectivity index (χ0) is 13.1. The van der Waals surface area contributed by atoms with Gasteiger partial charge in [-0.15, -0.1) is 0 Å². The lowest BCUT2D eigenvalue weighted by atomic mass is 10.2. The average Bonchev–Trinajstić information content (AvgIpc) is 2.30. The Labute approximate surface area is 124 Å². The largest absolute Gasteiger partial charge is 0.487 e. The SMILES string of the molecule is Nc1cc(Br)ccc1COc1ccc(Cl)cc1Cl. The van der Waals surface area contributed by atoms with Crippen LogP contribution in [0.25, 0.3) is 0 Å². The molecule has 0 amide bonds. The van der Waals surface area contributed by atoms with E-state index >= 15 is 0 Å². The minimum atomic E-state index is 0.362. The van der Waals surface area contributed by atoms with Crippen molar-refractivity contribution in [2.24, 2.45) is 0 Å². The molecule has 0 radical (unpaired) electrons. The maximum atomic E-state index is 6.01. The molecule has 0 saturated heterocycles. The first-order valence-corrected chi connectivity index (χ1v) is 6.73. The highest BCUT2D eigenvalue weighted by atomic mass is 79.9. The fourth-order valence-electron chi connectivity index (χ4n) is 1.45. The van der Waals surface area contributed by atoms with Crippen LogP contribution in [0, 0.1) is 0 Å². The number of hydrogen-bond donors (Lipinski definition) is 1. The molecule has 5 heteroatoms. The molecule has 94 valence electrons. The second-order valence-electron chi connectivity index (χ2n) is 3.71. The van der Waals surface area contributed by atoms with Crippen molar-refractivity contribution in [1.82, 2.24) is 0 Å². The standard InChI is InChI=1S/C13H10BrCl2NO/c14-9-2-1-8(12(17)5-9)7-18-13-4-3-10(15)6-11(13)16/h1-6H,7,17H2. The number of halogens is 3. The molecule has 2 aromatic rings. The molecule has 18 heavy (non-hydrogen) atoms. The zero-order valence-corrected chi connectivity index (χ0v) is 12.4. The van der Waals surface area contributed by atoms with Gasteiger partial charge in [0, 0.05) is 20.7 Å². The van der Waals surface area contributed by atoms with Crippen molar-refractivity contribution in [2.45, 2.75) is 6.61 Å². The summed E-state index contributed by atoms with van der Waals surface area (Å²) >= 11 is 15.2. The van der Waals surface area contributed by atoms with Gasteiger partial charge in [0.1, 0.15) is 12.4 Å². The number of nitrogen functional groups attached to an aromatic ring is 1. The monoisotopic (exact) mass is 345 g/mol. The minimum Gasteiger partial charge on any atom is -0.487 e. The summed E-state index contributed by atoms with van der Waals surface area (Å²) in [6.45, 7) is 0.362. The molecular formula is C13H10BrCl2NO. The van der Waals surface area contributed by atoms with Crippen molar-refractivity contribution >= 4 is 44.8 Å². The van der Waals surface area contributed by atoms with Gasteiger partial charge in [0.2, 0.25) is 0 Å². The summed E-state index contributed by atoms with van der Waals surface area (Å²) in [5.74, 6) is 0.586. The summed E-state index contributed by atoms with van der Waals surface area (Å²) in [6, 6.07) is 10.8. The van der Waals surface area contributed by atoms with Crippen LogP contribution in [-0.4, -0.2) is 0 Å². The Bertz CT molecular complexity index is 523. The van der Waals surface area contributed by atoms with E-state index in [0.29, 0.717) is 28.1 Å². The van der Waals surface area contributed by atoms with Crippen molar-refractivity contribution in [1.29, 1.82) is 0 Å². The summed E-state index contributed by atoms with van der Waals surface area (Å²) in [7, 11) is 0. The van der Waals surface area contributed by atoms with Gasteiger partial charge in [0.05, 0.1) is 5.02 Å². The van der Waals surface area contributed by atoms with Gasteiger partial charge in [-0.05, 0) is 30.3 Å². The van der Waals surface area contributed by atoms with Crippen LogP contribution < -0.4 is 10.5 Å². The summed E-state index contributed by atoms with van der Waals surface area (Å²) in [5, 5.41) is 1.06. The first-order valence-electron chi connectivity index (χ1n) is 5.18. The van der Waals surface area contributed by atoms with E-state index in [4.69, 9.17) is 33.7 Å². The zero-order valence-electron chi connectivity index (χ0n) is 9.29. The highest BCUT2D eigenvalue weighted by Gasteiger charge is 2.05. The number of ether oxygens (including phenoxy) is 1. The van der Waals surface area contributed by atoms with E-state index < -0.39 is 0 Å². The molecule has 0 aliphatic heterocycles. The van der Waals surface area contributed by atoms with E-state index in [1.165, 1.54) is 0 Å². The van der Waals surface area contributed by atoms with Crippen molar-refractivity contribution < 1.29 is 4.74 Å². The van der Waals surface area contributed by atoms with Gasteiger partial charge in [-0.1, -0.05) is 45.2 Å². The molecular weight excluding hydrogens is 337 g/mol. The third-order valence-corrected chi connectivity index (χ3v) is 3.41. The van der Waals surface area contributed by atoms with Crippen LogP contribution in [0.2, 0.25) is 10.0 Å². The quantitative estimate of drug-likeness (QED) is 0.801. The van der Waals surface area contributed by atoms with Crippen LogP contribution in [0.5, 0.6) is 5.75 Å². The third kappa shape index (κ3) is 3.31. The average molecular weight is 347 g/mol. The predicted molar refractivity (Wildman–Crippen MR) is 79.3 cm³/mol. The normalized spacial score (nSPS) is 10.4. The smallest absolute Gasteiger partial charge is 0.138 e. The van der Waals surface area contributed by atoms with Gasteiger partial charge in [0.15, 0.2) is 0 Å². The van der Waals surface area contributed by atoms with E-state index in [1.54, 1.807) is 18.2 Å². The summed E-state index contributed by atoms with van der Waals surface area (Å²) in [5.41, 5.74) is 7.47. The van der Waals surface area contributed by atoms with Gasteiger partial charge in [0.25, 0.3) is 0 Å². The summed E-state index contributed by atoms with van der Waals surface area (Å²) < 4.78 is 6.55. The topological polar surface area (TPSA) is 35.2 Å². The highest BCUT2D eigenvalue weighted by molar-refractivity contribution is 9.10. The van der Waals surface area contributed by atoms with Crippen molar-refractivity contribution in [3.63, 3.8) is 0 Å². The van der Waals surface area contributed by atoms with Gasteiger partial charge in [-0.2, -0.15) is 0 Å². The molecule has 0 bridgehead atoms. The Hall–Kier alpha value is -0.900. The molecule has 2 aromatic carbocycles. The molecule has 2 rings (SSSR count). The first kappa shape index (κ1) is 13.5. The molecule has 0 aromatic heterocycles. The predicted octanol–water partition coefficient (Wildman–Crippen LogP) is 4.92. The van der Waals surface area contributed by atoms with Crippen molar-refractivity contribution in [3.05, 3.63) is 56.5 Å². The van der Waals surface area contributed by atoms with E-state index in [-0.39, 0.29) is 0 Å². The van der Waals surface area contributed by atoms with Crippen LogP contribution in [0.15, 0.2) is 40.9 Å². The second-order valence-corrected chi connectivity index (χ2v) is 5.47. The maximum Gasteiger partial charge on any atom is 0.138 e.